The molecule has 5 heteroatoms. The van der Waals surface area contributed by atoms with E-state index in [1.807, 2.05) is 18.3 Å². The van der Waals surface area contributed by atoms with E-state index in [1.54, 1.807) is 4.52 Å². The molecule has 0 radical (unpaired) electrons. The zero-order valence-electron chi connectivity index (χ0n) is 8.37. The van der Waals surface area contributed by atoms with Crippen LogP contribution >= 0.6 is 15.9 Å². The number of hydrogen-bond acceptors (Lipinski definition) is 3. The van der Waals surface area contributed by atoms with E-state index in [-0.39, 0.29) is 5.54 Å². The van der Waals surface area contributed by atoms with E-state index in [0.29, 0.717) is 5.95 Å². The van der Waals surface area contributed by atoms with Gasteiger partial charge in [0.05, 0.1) is 4.47 Å². The Morgan fingerprint density at radius 1 is 1.53 bits per heavy atom. The quantitative estimate of drug-likeness (QED) is 0.908. The van der Waals surface area contributed by atoms with Crippen LogP contribution in [0.4, 0.5) is 5.95 Å². The molecule has 2 aromatic rings. The monoisotopic (exact) mass is 266 g/mol. The number of nitrogens with zero attached hydrogens (tertiary/aromatic N) is 3. The fourth-order valence-corrected chi connectivity index (χ4v) is 1.93. The number of pyridine rings is 1. The molecule has 1 saturated carbocycles. The Labute approximate surface area is 95.8 Å². The van der Waals surface area contributed by atoms with Crippen LogP contribution in [0.3, 0.4) is 0 Å². The van der Waals surface area contributed by atoms with Gasteiger partial charge in [-0.15, -0.1) is 5.10 Å². The van der Waals surface area contributed by atoms with Crippen molar-refractivity contribution in [3.63, 3.8) is 0 Å². The minimum absolute atomic E-state index is 0.220. The number of anilines is 1. The summed E-state index contributed by atoms with van der Waals surface area (Å²) in [7, 11) is 0. The van der Waals surface area contributed by atoms with Crippen LogP contribution < -0.4 is 5.32 Å². The molecule has 0 unspecified atom stereocenters. The van der Waals surface area contributed by atoms with Crippen LogP contribution in [-0.2, 0) is 0 Å². The Morgan fingerprint density at radius 3 is 3.00 bits per heavy atom. The summed E-state index contributed by atoms with van der Waals surface area (Å²) in [5.41, 5.74) is 1.07. The Morgan fingerprint density at radius 2 is 2.33 bits per heavy atom. The summed E-state index contributed by atoms with van der Waals surface area (Å²) >= 11 is 3.45. The van der Waals surface area contributed by atoms with Gasteiger partial charge in [0.25, 0.3) is 0 Å². The third-order valence-electron chi connectivity index (χ3n) is 2.73. The van der Waals surface area contributed by atoms with E-state index in [1.165, 1.54) is 12.8 Å². The van der Waals surface area contributed by atoms with Crippen molar-refractivity contribution in [2.45, 2.75) is 25.3 Å². The van der Waals surface area contributed by atoms with Gasteiger partial charge in [-0.1, -0.05) is 0 Å². The summed E-state index contributed by atoms with van der Waals surface area (Å²) in [6.45, 7) is 2.19. The molecule has 0 aliphatic heterocycles. The number of nitrogens with one attached hydrogen (secondary N) is 1. The molecule has 0 bridgehead atoms. The summed E-state index contributed by atoms with van der Waals surface area (Å²) in [5, 5.41) is 7.71. The molecule has 0 aromatic carbocycles. The smallest absolute Gasteiger partial charge is 0.243 e. The van der Waals surface area contributed by atoms with Crippen molar-refractivity contribution < 1.29 is 0 Å². The molecular formula is C10H11BrN4. The van der Waals surface area contributed by atoms with Crippen molar-refractivity contribution in [1.82, 2.24) is 14.6 Å². The maximum Gasteiger partial charge on any atom is 0.243 e. The van der Waals surface area contributed by atoms with E-state index in [0.717, 1.165) is 10.1 Å². The fourth-order valence-electron chi connectivity index (χ4n) is 1.51. The molecule has 0 amide bonds. The highest BCUT2D eigenvalue weighted by Crippen LogP contribution is 2.37. The Kier molecular flexibility index (Phi) is 1.80. The van der Waals surface area contributed by atoms with Gasteiger partial charge in [0.1, 0.15) is 0 Å². The average molecular weight is 267 g/mol. The highest BCUT2D eigenvalue weighted by atomic mass is 79.9. The van der Waals surface area contributed by atoms with Crippen LogP contribution in [0.15, 0.2) is 22.8 Å². The summed E-state index contributed by atoms with van der Waals surface area (Å²) in [5.74, 6) is 0.710. The summed E-state index contributed by atoms with van der Waals surface area (Å²) in [4.78, 5) is 4.43. The predicted octanol–water partition coefficient (Wildman–Crippen LogP) is 2.46. The van der Waals surface area contributed by atoms with E-state index in [9.17, 15) is 0 Å². The molecule has 2 heterocycles. The third kappa shape index (κ3) is 1.61. The normalized spacial score (nSPS) is 18.0. The highest BCUT2D eigenvalue weighted by molar-refractivity contribution is 9.10. The van der Waals surface area contributed by atoms with E-state index in [2.05, 4.69) is 38.3 Å². The molecule has 1 aliphatic carbocycles. The van der Waals surface area contributed by atoms with Crippen LogP contribution in [0.5, 0.6) is 0 Å². The van der Waals surface area contributed by atoms with Gasteiger partial charge < -0.3 is 5.32 Å². The van der Waals surface area contributed by atoms with Gasteiger partial charge in [0, 0.05) is 11.7 Å². The molecule has 0 saturated heterocycles. The molecule has 2 aromatic heterocycles. The second-order valence-corrected chi connectivity index (χ2v) is 5.10. The Hall–Kier alpha value is -1.10. The lowest BCUT2D eigenvalue weighted by molar-refractivity contribution is 0.806. The first kappa shape index (κ1) is 9.15. The first-order chi connectivity index (χ1) is 7.16. The van der Waals surface area contributed by atoms with Crippen LogP contribution in [-0.4, -0.2) is 20.1 Å². The lowest BCUT2D eigenvalue weighted by Crippen LogP contribution is -2.16. The second-order valence-electron chi connectivity index (χ2n) is 4.25. The topological polar surface area (TPSA) is 42.2 Å². The van der Waals surface area contributed by atoms with Gasteiger partial charge in [-0.3, -0.25) is 0 Å². The zero-order valence-corrected chi connectivity index (χ0v) is 9.95. The number of halogens is 1. The first-order valence-electron chi connectivity index (χ1n) is 4.95. The summed E-state index contributed by atoms with van der Waals surface area (Å²) < 4.78 is 2.74. The van der Waals surface area contributed by atoms with Gasteiger partial charge >= 0.3 is 0 Å². The van der Waals surface area contributed by atoms with Crippen LogP contribution in [0, 0.1) is 0 Å². The molecule has 4 nitrogen and oxygen atoms in total. The van der Waals surface area contributed by atoms with Gasteiger partial charge in [0.2, 0.25) is 5.95 Å². The number of fused-ring (bicyclic) bond motifs is 1. The van der Waals surface area contributed by atoms with E-state index >= 15 is 0 Å². The lowest BCUT2D eigenvalue weighted by atomic mass is 10.3. The van der Waals surface area contributed by atoms with Gasteiger partial charge in [0.15, 0.2) is 5.65 Å². The number of aromatic nitrogens is 3. The van der Waals surface area contributed by atoms with E-state index < -0.39 is 0 Å². The maximum atomic E-state index is 4.43. The molecule has 15 heavy (non-hydrogen) atoms. The summed E-state index contributed by atoms with van der Waals surface area (Å²) in [6.07, 6.45) is 4.29. The average Bonchev–Trinajstić information content (AvgIpc) is 2.77. The number of hydrogen-bond donors (Lipinski definition) is 1. The Bertz CT molecular complexity index is 515. The van der Waals surface area contributed by atoms with Crippen molar-refractivity contribution in [3.05, 3.63) is 22.8 Å². The highest BCUT2D eigenvalue weighted by Gasteiger charge is 2.38. The lowest BCUT2D eigenvalue weighted by Gasteiger charge is -2.07. The zero-order chi connectivity index (χ0) is 10.5. The van der Waals surface area contributed by atoms with Crippen LogP contribution in [0.1, 0.15) is 19.8 Å². The maximum absolute atomic E-state index is 4.43. The third-order valence-corrected chi connectivity index (χ3v) is 3.35. The molecule has 1 fully saturated rings. The van der Waals surface area contributed by atoms with Gasteiger partial charge in [-0.05, 0) is 47.8 Å². The van der Waals surface area contributed by atoms with Gasteiger partial charge in [-0.25, -0.2) is 4.52 Å². The van der Waals surface area contributed by atoms with Crippen molar-refractivity contribution in [2.75, 3.05) is 5.32 Å². The molecule has 0 spiro atoms. The molecule has 3 rings (SSSR count). The molecule has 78 valence electrons. The SMILES string of the molecule is CC1(Nc2nc3c(Br)cccn3n2)CC1. The minimum Gasteiger partial charge on any atom is -0.348 e. The number of rotatable bonds is 2. The first-order valence-corrected chi connectivity index (χ1v) is 5.75. The van der Waals surface area contributed by atoms with Crippen molar-refractivity contribution in [3.8, 4) is 0 Å². The Balaban J connectivity index is 2.02. The summed E-state index contributed by atoms with van der Waals surface area (Å²) in [6, 6.07) is 3.90. The molecule has 1 aliphatic rings. The van der Waals surface area contributed by atoms with Crippen molar-refractivity contribution >= 4 is 27.5 Å². The standard InChI is InChI=1S/C10H11BrN4/c1-10(4-5-10)13-9-12-8-7(11)3-2-6-15(8)14-9/h2-3,6H,4-5H2,1H3,(H,13,14). The van der Waals surface area contributed by atoms with Crippen LogP contribution in [0.2, 0.25) is 0 Å². The second kappa shape index (κ2) is 2.95. The van der Waals surface area contributed by atoms with Crippen molar-refractivity contribution in [2.24, 2.45) is 0 Å². The molecular weight excluding hydrogens is 256 g/mol. The van der Waals surface area contributed by atoms with E-state index in [4.69, 9.17) is 0 Å². The minimum atomic E-state index is 0.220. The van der Waals surface area contributed by atoms with Crippen LogP contribution in [0.25, 0.3) is 5.65 Å². The van der Waals surface area contributed by atoms with Crippen molar-refractivity contribution in [1.29, 1.82) is 0 Å². The predicted molar refractivity (Wildman–Crippen MR) is 61.9 cm³/mol. The molecule has 0 atom stereocenters. The van der Waals surface area contributed by atoms with Gasteiger partial charge in [-0.2, -0.15) is 4.98 Å². The molecule has 1 N–H and O–H groups in total. The fraction of sp³-hybridized carbons (Fsp3) is 0.400. The largest absolute Gasteiger partial charge is 0.348 e.